The highest BCUT2D eigenvalue weighted by molar-refractivity contribution is 6.57. The van der Waals surface area contributed by atoms with Crippen LogP contribution < -0.4 is 0 Å². The van der Waals surface area contributed by atoms with Gasteiger partial charge in [0.2, 0.25) is 0 Å². The Balaban J connectivity index is 3.73. The molecule has 0 radical (unpaired) electrons. The normalized spacial score (nSPS) is 14.7. The molecule has 0 aliphatic heterocycles. The smallest absolute Gasteiger partial charge is 0.113 e. The second kappa shape index (κ2) is 4.91. The highest BCUT2D eigenvalue weighted by Crippen LogP contribution is 2.14. The number of hydrogen-bond donors (Lipinski definition) is 0. The lowest BCUT2D eigenvalue weighted by Crippen LogP contribution is -2.34. The molecule has 1 nitrogen and oxygen atoms in total. The van der Waals surface area contributed by atoms with E-state index in [9.17, 15) is 0 Å². The Morgan fingerprint density at radius 2 is 1.80 bits per heavy atom. The van der Waals surface area contributed by atoms with Crippen molar-refractivity contribution < 1.29 is 0 Å². The Morgan fingerprint density at radius 3 is 1.90 bits per heavy atom. The highest BCUT2D eigenvalue weighted by Gasteiger charge is 2.15. The summed E-state index contributed by atoms with van der Waals surface area (Å²) >= 11 is 0. The monoisotopic (exact) mass is 159 g/mol. The predicted octanol–water partition coefficient (Wildman–Crippen LogP) is 2.09. The summed E-state index contributed by atoms with van der Waals surface area (Å²) in [5.41, 5.74) is 0.926. The van der Waals surface area contributed by atoms with Crippen LogP contribution >= 0.6 is 0 Å². The van der Waals surface area contributed by atoms with Crippen LogP contribution in [0.1, 0.15) is 27.2 Å². The van der Waals surface area contributed by atoms with E-state index < -0.39 is 8.96 Å². The average Bonchev–Trinajstić information content (AvgIpc) is 1.81. The van der Waals surface area contributed by atoms with Crippen molar-refractivity contribution in [3.63, 3.8) is 0 Å². The molecule has 0 saturated carbocycles. The Kier molecular flexibility index (Phi) is 5.00. The standard InChI is InChI=1S/C8H21NSi/c1-6-7-10(8(2)3)9(4)5/h8,10H,6-7H2,1-5H3. The zero-order valence-electron chi connectivity index (χ0n) is 8.02. The van der Waals surface area contributed by atoms with E-state index in [0.29, 0.717) is 0 Å². The lowest BCUT2D eigenvalue weighted by molar-refractivity contribution is 0.613. The molecule has 0 aromatic rings. The van der Waals surface area contributed by atoms with Crippen molar-refractivity contribution in [3.05, 3.63) is 0 Å². The largest absolute Gasteiger partial charge is 0.331 e. The summed E-state index contributed by atoms with van der Waals surface area (Å²) < 4.78 is 2.47. The Bertz CT molecular complexity index is 73.3. The number of nitrogens with zero attached hydrogens (tertiary/aromatic N) is 1. The number of rotatable bonds is 4. The van der Waals surface area contributed by atoms with Gasteiger partial charge >= 0.3 is 0 Å². The van der Waals surface area contributed by atoms with Gasteiger partial charge in [-0.25, -0.2) is 0 Å². The first-order valence-corrected chi connectivity index (χ1v) is 6.26. The Labute approximate surface area is 67.1 Å². The summed E-state index contributed by atoms with van der Waals surface area (Å²) in [6, 6.07) is 1.46. The summed E-state index contributed by atoms with van der Waals surface area (Å²) in [6.07, 6.45) is 1.35. The van der Waals surface area contributed by atoms with Crippen LogP contribution in [0.25, 0.3) is 0 Å². The molecule has 0 spiro atoms. The molecule has 0 heterocycles. The van der Waals surface area contributed by atoms with Crippen LogP contribution in [0, 0.1) is 0 Å². The maximum atomic E-state index is 2.47. The van der Waals surface area contributed by atoms with Crippen molar-refractivity contribution in [2.45, 2.75) is 38.8 Å². The second-order valence-electron chi connectivity index (χ2n) is 3.56. The summed E-state index contributed by atoms with van der Waals surface area (Å²) in [4.78, 5) is 0. The molecular formula is C8H21NSi. The third kappa shape index (κ3) is 3.37. The first-order valence-electron chi connectivity index (χ1n) is 4.26. The summed E-state index contributed by atoms with van der Waals surface area (Å²) in [5, 5.41) is 0. The number of hydrogen-bond acceptors (Lipinski definition) is 1. The minimum Gasteiger partial charge on any atom is -0.331 e. The van der Waals surface area contributed by atoms with E-state index in [4.69, 9.17) is 0 Å². The quantitative estimate of drug-likeness (QED) is 0.568. The molecule has 1 atom stereocenters. The van der Waals surface area contributed by atoms with Crippen LogP contribution in [0.3, 0.4) is 0 Å². The van der Waals surface area contributed by atoms with Crippen molar-refractivity contribution in [1.29, 1.82) is 0 Å². The third-order valence-electron chi connectivity index (χ3n) is 2.02. The van der Waals surface area contributed by atoms with E-state index in [0.717, 1.165) is 5.54 Å². The molecule has 0 amide bonds. The van der Waals surface area contributed by atoms with Crippen LogP contribution in [-0.2, 0) is 0 Å². The minimum absolute atomic E-state index is 0.547. The first kappa shape index (κ1) is 10.2. The third-order valence-corrected chi connectivity index (χ3v) is 6.05. The summed E-state index contributed by atoms with van der Waals surface area (Å²) in [6.45, 7) is 6.99. The van der Waals surface area contributed by atoms with Crippen molar-refractivity contribution in [1.82, 2.24) is 4.57 Å². The molecule has 0 N–H and O–H groups in total. The molecule has 0 rings (SSSR count). The molecule has 0 bridgehead atoms. The topological polar surface area (TPSA) is 3.24 Å². The molecule has 0 saturated heterocycles. The van der Waals surface area contributed by atoms with Crippen LogP contribution in [0.4, 0.5) is 0 Å². The van der Waals surface area contributed by atoms with E-state index in [1.807, 2.05) is 0 Å². The fraction of sp³-hybridized carbons (Fsp3) is 1.00. The van der Waals surface area contributed by atoms with Crippen molar-refractivity contribution in [3.8, 4) is 0 Å². The van der Waals surface area contributed by atoms with Gasteiger partial charge < -0.3 is 4.57 Å². The Hall–Kier alpha value is 0.177. The lowest BCUT2D eigenvalue weighted by Gasteiger charge is -2.25. The van der Waals surface area contributed by atoms with Gasteiger partial charge in [0.15, 0.2) is 0 Å². The van der Waals surface area contributed by atoms with Gasteiger partial charge in [-0.05, 0) is 25.7 Å². The maximum Gasteiger partial charge on any atom is 0.113 e. The molecule has 0 aliphatic carbocycles. The molecule has 0 fully saturated rings. The van der Waals surface area contributed by atoms with Gasteiger partial charge in [-0.15, -0.1) is 0 Å². The van der Waals surface area contributed by atoms with Gasteiger partial charge in [0, 0.05) is 0 Å². The molecule has 62 valence electrons. The van der Waals surface area contributed by atoms with Gasteiger partial charge in [0.1, 0.15) is 8.96 Å². The van der Waals surface area contributed by atoms with Crippen LogP contribution in [-0.4, -0.2) is 27.6 Å². The molecule has 0 aromatic heterocycles. The fourth-order valence-electron chi connectivity index (χ4n) is 1.48. The summed E-state index contributed by atoms with van der Waals surface area (Å²) in [7, 11) is 3.91. The molecule has 2 heteroatoms. The second-order valence-corrected chi connectivity index (χ2v) is 7.64. The van der Waals surface area contributed by atoms with E-state index >= 15 is 0 Å². The van der Waals surface area contributed by atoms with Gasteiger partial charge in [0.25, 0.3) is 0 Å². The van der Waals surface area contributed by atoms with Gasteiger partial charge in [-0.3, -0.25) is 0 Å². The zero-order chi connectivity index (χ0) is 8.15. The average molecular weight is 159 g/mol. The molecule has 10 heavy (non-hydrogen) atoms. The highest BCUT2D eigenvalue weighted by atomic mass is 28.3. The maximum absolute atomic E-state index is 2.47. The molecular weight excluding hydrogens is 138 g/mol. The van der Waals surface area contributed by atoms with E-state index in [1.165, 1.54) is 12.5 Å². The van der Waals surface area contributed by atoms with Crippen LogP contribution in [0.5, 0.6) is 0 Å². The molecule has 0 aromatic carbocycles. The van der Waals surface area contributed by atoms with E-state index in [2.05, 4.69) is 39.4 Å². The van der Waals surface area contributed by atoms with Crippen molar-refractivity contribution in [2.24, 2.45) is 0 Å². The van der Waals surface area contributed by atoms with Crippen LogP contribution in [0.2, 0.25) is 11.6 Å². The van der Waals surface area contributed by atoms with Crippen molar-refractivity contribution in [2.75, 3.05) is 14.1 Å². The molecule has 1 unspecified atom stereocenters. The van der Waals surface area contributed by atoms with Crippen LogP contribution in [0.15, 0.2) is 0 Å². The Morgan fingerprint density at radius 1 is 1.30 bits per heavy atom. The zero-order valence-corrected chi connectivity index (χ0v) is 9.17. The SMILES string of the molecule is CCC[SiH](C(C)C)N(C)C. The fourth-order valence-corrected chi connectivity index (χ4v) is 4.45. The van der Waals surface area contributed by atoms with Crippen molar-refractivity contribution >= 4 is 8.96 Å². The van der Waals surface area contributed by atoms with E-state index in [1.54, 1.807) is 0 Å². The molecule has 0 aliphatic rings. The van der Waals surface area contributed by atoms with E-state index in [-0.39, 0.29) is 0 Å². The lowest BCUT2D eigenvalue weighted by atomic mass is 10.6. The predicted molar refractivity (Wildman–Crippen MR) is 51.0 cm³/mol. The first-order chi connectivity index (χ1) is 4.59. The minimum atomic E-state index is -0.547. The van der Waals surface area contributed by atoms with Gasteiger partial charge in [0.05, 0.1) is 0 Å². The van der Waals surface area contributed by atoms with Gasteiger partial charge in [-0.1, -0.05) is 27.2 Å². The summed E-state index contributed by atoms with van der Waals surface area (Å²) in [5.74, 6) is 0. The van der Waals surface area contributed by atoms with Gasteiger partial charge in [-0.2, -0.15) is 0 Å².